The molecule has 154 valence electrons. The Balaban J connectivity index is 1.64. The number of phenols is 1. The first-order valence-electron chi connectivity index (χ1n) is 9.95. The zero-order valence-electron chi connectivity index (χ0n) is 16.4. The van der Waals surface area contributed by atoms with E-state index in [4.69, 9.17) is 0 Å². The molecule has 0 aliphatic carbocycles. The molecular weight excluding hydrogens is 382 g/mol. The number of amides is 1. The van der Waals surface area contributed by atoms with Gasteiger partial charge in [0.1, 0.15) is 11.6 Å². The number of aromatic amines is 1. The molecule has 1 saturated heterocycles. The lowest BCUT2D eigenvalue weighted by Gasteiger charge is -2.30. The average molecular weight is 405 g/mol. The van der Waals surface area contributed by atoms with Gasteiger partial charge < -0.3 is 20.1 Å². The number of H-pyrrole nitrogens is 1. The van der Waals surface area contributed by atoms with Gasteiger partial charge in [0.05, 0.1) is 10.9 Å². The summed E-state index contributed by atoms with van der Waals surface area (Å²) < 4.78 is 0. The Morgan fingerprint density at radius 2 is 1.90 bits per heavy atom. The second kappa shape index (κ2) is 8.51. The maximum atomic E-state index is 12.6. The molecule has 0 spiro atoms. The molecule has 0 radical (unpaired) electrons. The summed E-state index contributed by atoms with van der Waals surface area (Å²) in [7, 11) is 0. The molecule has 4 rings (SSSR count). The van der Waals surface area contributed by atoms with Crippen LogP contribution in [0, 0.1) is 5.92 Å². The number of aromatic hydroxyl groups is 1. The van der Waals surface area contributed by atoms with Gasteiger partial charge in [0.25, 0.3) is 5.56 Å². The van der Waals surface area contributed by atoms with Crippen LogP contribution in [0.15, 0.2) is 53.3 Å². The maximum absolute atomic E-state index is 12.6. The molecule has 3 aromatic rings. The van der Waals surface area contributed by atoms with Crippen molar-refractivity contribution >= 4 is 22.9 Å². The van der Waals surface area contributed by atoms with Crippen LogP contribution < -0.4 is 5.56 Å². The number of fused-ring (bicyclic) bond motifs is 1. The molecule has 7 heteroatoms. The Kier molecular flexibility index (Phi) is 5.63. The summed E-state index contributed by atoms with van der Waals surface area (Å²) in [5, 5.41) is 19.2. The maximum Gasteiger partial charge on any atom is 0.259 e. The highest BCUT2D eigenvalue weighted by atomic mass is 16.3. The van der Waals surface area contributed by atoms with E-state index in [0.29, 0.717) is 40.9 Å². The van der Waals surface area contributed by atoms with Crippen molar-refractivity contribution < 1.29 is 15.0 Å². The van der Waals surface area contributed by atoms with Crippen molar-refractivity contribution in [2.24, 2.45) is 5.92 Å². The van der Waals surface area contributed by atoms with Crippen molar-refractivity contribution in [3.63, 3.8) is 0 Å². The van der Waals surface area contributed by atoms with Gasteiger partial charge in [-0.15, -0.1) is 0 Å². The number of para-hydroxylation sites is 1. The first-order valence-corrected chi connectivity index (χ1v) is 9.95. The number of likely N-dealkylation sites (tertiary alicyclic amines) is 1. The van der Waals surface area contributed by atoms with Gasteiger partial charge in [0, 0.05) is 36.9 Å². The molecule has 2 aromatic carbocycles. The second-order valence-corrected chi connectivity index (χ2v) is 7.49. The molecular formula is C23H23N3O4. The highest BCUT2D eigenvalue weighted by molar-refractivity contribution is 5.95. The zero-order valence-corrected chi connectivity index (χ0v) is 16.4. The monoisotopic (exact) mass is 405 g/mol. The highest BCUT2D eigenvalue weighted by Crippen LogP contribution is 2.22. The van der Waals surface area contributed by atoms with E-state index in [2.05, 4.69) is 9.97 Å². The topological polar surface area (TPSA) is 107 Å². The van der Waals surface area contributed by atoms with Gasteiger partial charge in [-0.3, -0.25) is 9.59 Å². The Hall–Kier alpha value is -3.45. The van der Waals surface area contributed by atoms with Crippen LogP contribution in [0.4, 0.5) is 0 Å². The summed E-state index contributed by atoms with van der Waals surface area (Å²) in [5.41, 5.74) is 1.59. The molecule has 2 heterocycles. The number of hydrogen-bond donors (Lipinski definition) is 3. The predicted molar refractivity (Wildman–Crippen MR) is 115 cm³/mol. The number of carbonyl (C=O) groups is 1. The summed E-state index contributed by atoms with van der Waals surface area (Å²) in [6.45, 7) is 1.43. The van der Waals surface area contributed by atoms with Gasteiger partial charge in [0.2, 0.25) is 5.91 Å². The standard InChI is InChI=1S/C23H23N3O4/c27-14-15-10-12-26(13-11-15)20(29)9-6-16-2-1-3-19-21(16)24-22(25-23(19)30)17-4-7-18(28)8-5-17/h1-9,15,27-28H,10-14H2,(H,24,25,30)/b9-6+. The number of aromatic nitrogens is 2. The number of nitrogens with one attached hydrogen (secondary N) is 1. The first-order chi connectivity index (χ1) is 14.5. The molecule has 0 bridgehead atoms. The lowest BCUT2D eigenvalue weighted by Crippen LogP contribution is -2.38. The van der Waals surface area contributed by atoms with Crippen molar-refractivity contribution in [2.75, 3.05) is 19.7 Å². The Morgan fingerprint density at radius 1 is 1.17 bits per heavy atom. The van der Waals surface area contributed by atoms with E-state index in [9.17, 15) is 19.8 Å². The number of carbonyl (C=O) groups excluding carboxylic acids is 1. The quantitative estimate of drug-likeness (QED) is 0.579. The fraction of sp³-hybridized carbons (Fsp3) is 0.261. The van der Waals surface area contributed by atoms with Gasteiger partial charge in [0.15, 0.2) is 0 Å². The van der Waals surface area contributed by atoms with Crippen LogP contribution in [0.5, 0.6) is 5.75 Å². The molecule has 1 aromatic heterocycles. The van der Waals surface area contributed by atoms with Crippen molar-refractivity contribution in [1.29, 1.82) is 0 Å². The van der Waals surface area contributed by atoms with Gasteiger partial charge >= 0.3 is 0 Å². The number of nitrogens with zero attached hydrogens (tertiary/aromatic N) is 2. The molecule has 0 atom stereocenters. The second-order valence-electron chi connectivity index (χ2n) is 7.49. The van der Waals surface area contributed by atoms with Crippen LogP contribution in [0.2, 0.25) is 0 Å². The number of aliphatic hydroxyl groups excluding tert-OH is 1. The van der Waals surface area contributed by atoms with E-state index in [-0.39, 0.29) is 29.7 Å². The molecule has 30 heavy (non-hydrogen) atoms. The molecule has 0 saturated carbocycles. The summed E-state index contributed by atoms with van der Waals surface area (Å²) >= 11 is 0. The van der Waals surface area contributed by atoms with Gasteiger partial charge in [-0.1, -0.05) is 12.1 Å². The third-order valence-corrected chi connectivity index (χ3v) is 5.50. The van der Waals surface area contributed by atoms with E-state index in [1.807, 2.05) is 6.07 Å². The number of piperidine rings is 1. The van der Waals surface area contributed by atoms with Crippen LogP contribution in [0.3, 0.4) is 0 Å². The summed E-state index contributed by atoms with van der Waals surface area (Å²) in [6.07, 6.45) is 4.81. The number of phenolic OH excluding ortho intramolecular Hbond substituents is 1. The minimum Gasteiger partial charge on any atom is -0.508 e. The van der Waals surface area contributed by atoms with Crippen LogP contribution in [-0.2, 0) is 4.79 Å². The Labute approximate surface area is 173 Å². The molecule has 1 aliphatic heterocycles. The number of hydrogen-bond acceptors (Lipinski definition) is 5. The molecule has 0 unspecified atom stereocenters. The summed E-state index contributed by atoms with van der Waals surface area (Å²) in [4.78, 5) is 34.3. The van der Waals surface area contributed by atoms with E-state index in [1.54, 1.807) is 35.2 Å². The first kappa shape index (κ1) is 19.8. The van der Waals surface area contributed by atoms with E-state index >= 15 is 0 Å². The van der Waals surface area contributed by atoms with Crippen LogP contribution in [0.1, 0.15) is 18.4 Å². The molecule has 3 N–H and O–H groups in total. The number of rotatable bonds is 4. The van der Waals surface area contributed by atoms with Crippen molar-refractivity contribution in [2.45, 2.75) is 12.8 Å². The largest absolute Gasteiger partial charge is 0.508 e. The van der Waals surface area contributed by atoms with Gasteiger partial charge in [-0.05, 0) is 55.2 Å². The average Bonchev–Trinajstić information content (AvgIpc) is 2.78. The fourth-order valence-electron chi connectivity index (χ4n) is 3.68. The van der Waals surface area contributed by atoms with Crippen molar-refractivity contribution in [1.82, 2.24) is 14.9 Å². The molecule has 1 aliphatic rings. The smallest absolute Gasteiger partial charge is 0.259 e. The Morgan fingerprint density at radius 3 is 2.60 bits per heavy atom. The van der Waals surface area contributed by atoms with Gasteiger partial charge in [-0.2, -0.15) is 0 Å². The number of aliphatic hydroxyl groups is 1. The van der Waals surface area contributed by atoms with Crippen LogP contribution >= 0.6 is 0 Å². The third kappa shape index (κ3) is 4.11. The normalized spacial score (nSPS) is 15.2. The summed E-state index contributed by atoms with van der Waals surface area (Å²) in [5.74, 6) is 0.704. The van der Waals surface area contributed by atoms with Gasteiger partial charge in [-0.25, -0.2) is 4.98 Å². The number of benzene rings is 2. The minimum absolute atomic E-state index is 0.0907. The van der Waals surface area contributed by atoms with E-state index in [1.165, 1.54) is 18.2 Å². The van der Waals surface area contributed by atoms with Crippen LogP contribution in [-0.4, -0.2) is 50.7 Å². The molecule has 7 nitrogen and oxygen atoms in total. The highest BCUT2D eigenvalue weighted by Gasteiger charge is 2.20. The lowest BCUT2D eigenvalue weighted by atomic mass is 9.98. The zero-order chi connectivity index (χ0) is 21.1. The third-order valence-electron chi connectivity index (χ3n) is 5.50. The Bertz CT molecular complexity index is 1140. The van der Waals surface area contributed by atoms with Crippen molar-refractivity contribution in [3.05, 3.63) is 64.5 Å². The lowest BCUT2D eigenvalue weighted by molar-refractivity contribution is -0.127. The molecule has 1 amide bonds. The van der Waals surface area contributed by atoms with E-state index < -0.39 is 0 Å². The SMILES string of the molecule is O=C(/C=C/c1cccc2c(=O)[nH]c(-c3ccc(O)cc3)nc12)N1CCC(CO)CC1. The van der Waals surface area contributed by atoms with Crippen molar-refractivity contribution in [3.8, 4) is 17.1 Å². The fourth-order valence-corrected chi connectivity index (χ4v) is 3.68. The van der Waals surface area contributed by atoms with E-state index in [0.717, 1.165) is 12.8 Å². The summed E-state index contributed by atoms with van der Waals surface area (Å²) in [6, 6.07) is 11.7. The molecule has 1 fully saturated rings. The van der Waals surface area contributed by atoms with Crippen LogP contribution in [0.25, 0.3) is 28.4 Å². The predicted octanol–water partition coefficient (Wildman–Crippen LogP) is 2.54. The minimum atomic E-state index is -0.268.